The van der Waals surface area contributed by atoms with Crippen molar-refractivity contribution in [2.45, 2.75) is 40.2 Å². The van der Waals surface area contributed by atoms with Gasteiger partial charge in [0, 0.05) is 5.69 Å². The normalized spacial score (nSPS) is 12.2. The number of methoxy groups -OCH3 is 1. The molecule has 2 aromatic rings. The van der Waals surface area contributed by atoms with Gasteiger partial charge in [-0.2, -0.15) is 0 Å². The SMILES string of the molecule is CC[C@H](C(=O)Nc1cccc(C(=O)OC)c1C)N(c1ccc(C)c(C)c1)S(C)(=O)=O. The van der Waals surface area contributed by atoms with Crippen LogP contribution in [0.1, 0.15) is 40.4 Å². The molecule has 2 rings (SSSR count). The summed E-state index contributed by atoms with van der Waals surface area (Å²) in [6, 6.07) is 9.23. The first-order chi connectivity index (χ1) is 14.0. The van der Waals surface area contributed by atoms with Gasteiger partial charge in [-0.25, -0.2) is 13.2 Å². The summed E-state index contributed by atoms with van der Waals surface area (Å²) >= 11 is 0. The summed E-state index contributed by atoms with van der Waals surface area (Å²) in [6.45, 7) is 7.27. The fourth-order valence-electron chi connectivity index (χ4n) is 3.24. The summed E-state index contributed by atoms with van der Waals surface area (Å²) in [7, 11) is -2.45. The molecule has 0 saturated heterocycles. The second kappa shape index (κ2) is 9.30. The molecule has 162 valence electrons. The van der Waals surface area contributed by atoms with E-state index >= 15 is 0 Å². The van der Waals surface area contributed by atoms with Gasteiger partial charge in [0.25, 0.3) is 0 Å². The van der Waals surface area contributed by atoms with Crippen molar-refractivity contribution in [1.29, 1.82) is 0 Å². The quantitative estimate of drug-likeness (QED) is 0.675. The first kappa shape index (κ1) is 23.4. The number of carbonyl (C=O) groups excluding carboxylic acids is 2. The predicted molar refractivity (Wildman–Crippen MR) is 118 cm³/mol. The zero-order chi connectivity index (χ0) is 22.6. The van der Waals surface area contributed by atoms with Gasteiger partial charge in [-0.3, -0.25) is 9.10 Å². The van der Waals surface area contributed by atoms with Gasteiger partial charge in [-0.05, 0) is 68.1 Å². The number of rotatable bonds is 7. The fourth-order valence-corrected chi connectivity index (χ4v) is 4.44. The van der Waals surface area contributed by atoms with Gasteiger partial charge < -0.3 is 10.1 Å². The topological polar surface area (TPSA) is 92.8 Å². The second-order valence-corrected chi connectivity index (χ2v) is 9.07. The number of hydrogen-bond donors (Lipinski definition) is 1. The molecule has 0 heterocycles. The maximum atomic E-state index is 13.1. The van der Waals surface area contributed by atoms with E-state index in [9.17, 15) is 18.0 Å². The summed E-state index contributed by atoms with van der Waals surface area (Å²) in [6.07, 6.45) is 1.35. The van der Waals surface area contributed by atoms with Crippen LogP contribution in [0.25, 0.3) is 0 Å². The van der Waals surface area contributed by atoms with Gasteiger partial charge in [-0.15, -0.1) is 0 Å². The zero-order valence-electron chi connectivity index (χ0n) is 18.1. The first-order valence-corrected chi connectivity index (χ1v) is 11.4. The molecule has 0 fully saturated rings. The maximum Gasteiger partial charge on any atom is 0.338 e. The minimum absolute atomic E-state index is 0.265. The summed E-state index contributed by atoms with van der Waals surface area (Å²) in [5, 5.41) is 2.78. The molecule has 30 heavy (non-hydrogen) atoms. The lowest BCUT2D eigenvalue weighted by Gasteiger charge is -2.30. The van der Waals surface area contributed by atoms with Crippen LogP contribution in [0.5, 0.6) is 0 Å². The van der Waals surface area contributed by atoms with Crippen LogP contribution in [0.15, 0.2) is 36.4 Å². The van der Waals surface area contributed by atoms with Crippen LogP contribution in [0.2, 0.25) is 0 Å². The highest BCUT2D eigenvalue weighted by Gasteiger charge is 2.32. The number of hydrogen-bond acceptors (Lipinski definition) is 5. The van der Waals surface area contributed by atoms with Crippen molar-refractivity contribution in [2.24, 2.45) is 0 Å². The lowest BCUT2D eigenvalue weighted by molar-refractivity contribution is -0.117. The Balaban J connectivity index is 2.44. The molecule has 0 aliphatic carbocycles. The Morgan fingerprint density at radius 1 is 1.10 bits per heavy atom. The number of ether oxygens (including phenoxy) is 1. The smallest absolute Gasteiger partial charge is 0.338 e. The van der Waals surface area contributed by atoms with E-state index in [0.29, 0.717) is 22.5 Å². The Labute approximate surface area is 178 Å². The average molecular weight is 433 g/mol. The van der Waals surface area contributed by atoms with E-state index in [1.165, 1.54) is 7.11 Å². The third kappa shape index (κ3) is 4.99. The lowest BCUT2D eigenvalue weighted by atomic mass is 10.1. The highest BCUT2D eigenvalue weighted by Crippen LogP contribution is 2.26. The third-order valence-corrected chi connectivity index (χ3v) is 6.25. The van der Waals surface area contributed by atoms with Crippen molar-refractivity contribution in [3.05, 3.63) is 58.7 Å². The number of esters is 1. The Morgan fingerprint density at radius 2 is 1.77 bits per heavy atom. The monoisotopic (exact) mass is 432 g/mol. The van der Waals surface area contributed by atoms with Crippen molar-refractivity contribution in [3.63, 3.8) is 0 Å². The van der Waals surface area contributed by atoms with Crippen LogP contribution in [0.4, 0.5) is 11.4 Å². The van der Waals surface area contributed by atoms with Gasteiger partial charge in [0.15, 0.2) is 0 Å². The van der Waals surface area contributed by atoms with Gasteiger partial charge in [0.05, 0.1) is 24.6 Å². The molecule has 0 aliphatic rings. The molecule has 0 spiro atoms. The van der Waals surface area contributed by atoms with Crippen LogP contribution in [-0.4, -0.2) is 39.7 Å². The molecular weight excluding hydrogens is 404 g/mol. The van der Waals surface area contributed by atoms with E-state index in [1.807, 2.05) is 19.9 Å². The molecule has 0 aliphatic heterocycles. The van der Waals surface area contributed by atoms with Crippen molar-refractivity contribution >= 4 is 33.3 Å². The third-order valence-electron chi connectivity index (χ3n) is 5.07. The Hall–Kier alpha value is -2.87. The van der Waals surface area contributed by atoms with Crippen LogP contribution in [0.3, 0.4) is 0 Å². The number of benzene rings is 2. The van der Waals surface area contributed by atoms with Crippen molar-refractivity contribution < 1.29 is 22.7 Å². The molecule has 2 aromatic carbocycles. The van der Waals surface area contributed by atoms with Gasteiger partial charge in [0.1, 0.15) is 6.04 Å². The molecule has 1 atom stereocenters. The van der Waals surface area contributed by atoms with E-state index < -0.39 is 27.9 Å². The van der Waals surface area contributed by atoms with Crippen LogP contribution in [-0.2, 0) is 19.6 Å². The van der Waals surface area contributed by atoms with Crippen LogP contribution < -0.4 is 9.62 Å². The Kier molecular flexibility index (Phi) is 7.25. The summed E-state index contributed by atoms with van der Waals surface area (Å²) in [5.74, 6) is -0.991. The number of sulfonamides is 1. The maximum absolute atomic E-state index is 13.1. The molecule has 0 unspecified atom stereocenters. The van der Waals surface area contributed by atoms with Crippen molar-refractivity contribution in [3.8, 4) is 0 Å². The minimum atomic E-state index is -3.73. The number of carbonyl (C=O) groups is 2. The molecule has 8 heteroatoms. The lowest BCUT2D eigenvalue weighted by Crippen LogP contribution is -2.47. The van der Waals surface area contributed by atoms with E-state index in [-0.39, 0.29) is 6.42 Å². The van der Waals surface area contributed by atoms with E-state index in [1.54, 1.807) is 44.2 Å². The Bertz CT molecular complexity index is 1060. The standard InChI is InChI=1S/C22H28N2O5S/c1-7-20(24(30(6,27)28)17-12-11-14(2)15(3)13-17)21(25)23-19-10-8-9-18(16(19)4)22(26)29-5/h8-13,20H,7H2,1-6H3,(H,23,25)/t20-/m1/s1. The van der Waals surface area contributed by atoms with Crippen molar-refractivity contribution in [2.75, 3.05) is 23.0 Å². The molecule has 7 nitrogen and oxygen atoms in total. The number of nitrogens with zero attached hydrogens (tertiary/aromatic N) is 1. The predicted octanol–water partition coefficient (Wildman–Crippen LogP) is 3.58. The van der Waals surface area contributed by atoms with Gasteiger partial charge >= 0.3 is 5.97 Å². The summed E-state index contributed by atoms with van der Waals surface area (Å²) < 4.78 is 31.2. The van der Waals surface area contributed by atoms with E-state index in [2.05, 4.69) is 5.32 Å². The van der Waals surface area contributed by atoms with Crippen molar-refractivity contribution in [1.82, 2.24) is 0 Å². The molecule has 0 bridgehead atoms. The number of amides is 1. The van der Waals surface area contributed by atoms with Gasteiger partial charge in [-0.1, -0.05) is 19.1 Å². The highest BCUT2D eigenvalue weighted by atomic mass is 32.2. The summed E-state index contributed by atoms with van der Waals surface area (Å²) in [4.78, 5) is 25.1. The Morgan fingerprint density at radius 3 is 2.30 bits per heavy atom. The van der Waals surface area contributed by atoms with Crippen LogP contribution >= 0.6 is 0 Å². The molecule has 1 amide bonds. The largest absolute Gasteiger partial charge is 0.465 e. The molecule has 1 N–H and O–H groups in total. The number of anilines is 2. The molecule has 0 saturated carbocycles. The minimum Gasteiger partial charge on any atom is -0.465 e. The fraction of sp³-hybridized carbons (Fsp3) is 0.364. The molecular formula is C22H28N2O5S. The van der Waals surface area contributed by atoms with E-state index in [4.69, 9.17) is 4.74 Å². The van der Waals surface area contributed by atoms with Gasteiger partial charge in [0.2, 0.25) is 15.9 Å². The molecule has 0 radical (unpaired) electrons. The second-order valence-electron chi connectivity index (χ2n) is 7.21. The van der Waals surface area contributed by atoms with E-state index in [0.717, 1.165) is 21.7 Å². The summed E-state index contributed by atoms with van der Waals surface area (Å²) in [5.41, 5.74) is 3.69. The molecule has 0 aromatic heterocycles. The number of nitrogens with one attached hydrogen (secondary N) is 1. The highest BCUT2D eigenvalue weighted by molar-refractivity contribution is 7.92. The number of aryl methyl sites for hydroxylation is 2. The average Bonchev–Trinajstić information content (AvgIpc) is 2.68. The zero-order valence-corrected chi connectivity index (χ0v) is 19.0. The van der Waals surface area contributed by atoms with Crippen LogP contribution in [0, 0.1) is 20.8 Å². The first-order valence-electron chi connectivity index (χ1n) is 9.56.